The van der Waals surface area contributed by atoms with Gasteiger partial charge in [-0.3, -0.25) is 9.59 Å². The first-order chi connectivity index (χ1) is 9.37. The number of amides is 1. The lowest BCUT2D eigenvalue weighted by molar-refractivity contribution is -0.145. The molecule has 0 atom stereocenters. The predicted molar refractivity (Wildman–Crippen MR) is 79.5 cm³/mol. The van der Waals surface area contributed by atoms with Crippen molar-refractivity contribution in [2.45, 2.75) is 32.3 Å². The van der Waals surface area contributed by atoms with Crippen LogP contribution >= 0.6 is 22.9 Å². The molecule has 1 amide bonds. The van der Waals surface area contributed by atoms with Crippen LogP contribution in [0.2, 0.25) is 4.34 Å². The fraction of sp³-hybridized carbons (Fsp3) is 0.571. The molecule has 0 saturated carbocycles. The van der Waals surface area contributed by atoms with E-state index in [0.29, 0.717) is 28.9 Å². The minimum atomic E-state index is -0.306. The Morgan fingerprint density at radius 3 is 2.75 bits per heavy atom. The highest BCUT2D eigenvalue weighted by Crippen LogP contribution is 2.23. The fourth-order valence-corrected chi connectivity index (χ4v) is 3.21. The molecule has 0 unspecified atom stereocenters. The molecule has 1 aromatic heterocycles. The number of nitrogens with zero attached hydrogens (tertiary/aromatic N) is 1. The van der Waals surface area contributed by atoms with E-state index in [4.69, 9.17) is 16.3 Å². The lowest BCUT2D eigenvalue weighted by Crippen LogP contribution is -2.50. The van der Waals surface area contributed by atoms with Crippen molar-refractivity contribution in [3.63, 3.8) is 0 Å². The van der Waals surface area contributed by atoms with E-state index in [1.807, 2.05) is 13.8 Å². The molecule has 1 aliphatic heterocycles. The van der Waals surface area contributed by atoms with Gasteiger partial charge in [0.1, 0.15) is 0 Å². The van der Waals surface area contributed by atoms with Gasteiger partial charge in [0.25, 0.3) is 0 Å². The maximum atomic E-state index is 12.1. The third-order valence-corrected chi connectivity index (χ3v) is 4.46. The predicted octanol–water partition coefficient (Wildman–Crippen LogP) is 3.00. The highest BCUT2D eigenvalue weighted by molar-refractivity contribution is 7.18. The van der Waals surface area contributed by atoms with Gasteiger partial charge in [-0.1, -0.05) is 11.6 Å². The number of halogens is 1. The first-order valence-corrected chi connectivity index (χ1v) is 7.77. The summed E-state index contributed by atoms with van der Waals surface area (Å²) < 4.78 is 6.16. The highest BCUT2D eigenvalue weighted by Gasteiger charge is 2.29. The number of thiophene rings is 1. The summed E-state index contributed by atoms with van der Waals surface area (Å²) in [4.78, 5) is 26.4. The van der Waals surface area contributed by atoms with Crippen LogP contribution in [0.1, 0.15) is 36.4 Å². The highest BCUT2D eigenvalue weighted by atomic mass is 35.5. The van der Waals surface area contributed by atoms with Crippen molar-refractivity contribution in [2.24, 2.45) is 0 Å². The van der Waals surface area contributed by atoms with E-state index in [0.717, 1.165) is 0 Å². The molecule has 20 heavy (non-hydrogen) atoms. The van der Waals surface area contributed by atoms with E-state index in [1.54, 1.807) is 17.0 Å². The van der Waals surface area contributed by atoms with Crippen molar-refractivity contribution in [2.75, 3.05) is 19.7 Å². The van der Waals surface area contributed by atoms with Crippen LogP contribution in [0.15, 0.2) is 12.1 Å². The molecule has 2 rings (SSSR count). The Bertz CT molecular complexity index is 512. The SMILES string of the molecule is CC1(C)CN(C(=O)CCC(=O)c2ccc(Cl)s2)CCO1. The van der Waals surface area contributed by atoms with E-state index in [9.17, 15) is 9.59 Å². The molecule has 4 nitrogen and oxygen atoms in total. The lowest BCUT2D eigenvalue weighted by Gasteiger charge is -2.38. The Hall–Kier alpha value is -0.910. The van der Waals surface area contributed by atoms with Gasteiger partial charge in [0.15, 0.2) is 5.78 Å². The number of Topliss-reactive ketones (excluding diaryl/α,β-unsaturated/α-hetero) is 1. The van der Waals surface area contributed by atoms with Crippen molar-refractivity contribution >= 4 is 34.6 Å². The van der Waals surface area contributed by atoms with Gasteiger partial charge in [-0.2, -0.15) is 0 Å². The Morgan fingerprint density at radius 1 is 1.40 bits per heavy atom. The van der Waals surface area contributed by atoms with Gasteiger partial charge in [-0.05, 0) is 26.0 Å². The van der Waals surface area contributed by atoms with E-state index in [2.05, 4.69) is 0 Å². The smallest absolute Gasteiger partial charge is 0.223 e. The summed E-state index contributed by atoms with van der Waals surface area (Å²) in [6.45, 7) is 5.65. The molecule has 0 spiro atoms. The van der Waals surface area contributed by atoms with Crippen LogP contribution in [-0.2, 0) is 9.53 Å². The molecule has 0 bridgehead atoms. The van der Waals surface area contributed by atoms with Gasteiger partial charge in [-0.25, -0.2) is 0 Å². The summed E-state index contributed by atoms with van der Waals surface area (Å²) >= 11 is 7.05. The first kappa shape index (κ1) is 15.5. The summed E-state index contributed by atoms with van der Waals surface area (Å²) in [5.74, 6) is -0.0138. The number of morpholine rings is 1. The topological polar surface area (TPSA) is 46.6 Å². The molecule has 0 aromatic carbocycles. The molecular weight excluding hydrogens is 298 g/mol. The van der Waals surface area contributed by atoms with Crippen molar-refractivity contribution in [1.82, 2.24) is 4.90 Å². The molecule has 1 fully saturated rings. The molecule has 1 aliphatic rings. The second kappa shape index (κ2) is 6.24. The molecule has 0 aliphatic carbocycles. The maximum absolute atomic E-state index is 12.1. The van der Waals surface area contributed by atoms with Gasteiger partial charge in [-0.15, -0.1) is 11.3 Å². The van der Waals surface area contributed by atoms with Crippen LogP contribution in [0.4, 0.5) is 0 Å². The van der Waals surface area contributed by atoms with E-state index >= 15 is 0 Å². The van der Waals surface area contributed by atoms with Crippen molar-refractivity contribution in [3.05, 3.63) is 21.3 Å². The zero-order valence-corrected chi connectivity index (χ0v) is 13.2. The number of carbonyl (C=O) groups excluding carboxylic acids is 2. The second-order valence-electron chi connectivity index (χ2n) is 5.45. The standard InChI is InChI=1S/C14H18ClNO3S/c1-14(2)9-16(7-8-19-14)13(18)6-3-10(17)11-4-5-12(15)20-11/h4-5H,3,6-9H2,1-2H3. The third kappa shape index (κ3) is 4.04. The monoisotopic (exact) mass is 315 g/mol. The molecule has 1 saturated heterocycles. The molecule has 0 radical (unpaired) electrons. The number of carbonyl (C=O) groups is 2. The maximum Gasteiger partial charge on any atom is 0.223 e. The van der Waals surface area contributed by atoms with Crippen LogP contribution in [0.3, 0.4) is 0 Å². The van der Waals surface area contributed by atoms with Gasteiger partial charge >= 0.3 is 0 Å². The van der Waals surface area contributed by atoms with Crippen molar-refractivity contribution in [1.29, 1.82) is 0 Å². The Morgan fingerprint density at radius 2 is 2.15 bits per heavy atom. The lowest BCUT2D eigenvalue weighted by atomic mass is 10.1. The molecule has 6 heteroatoms. The molecular formula is C14H18ClNO3S. The number of hydrogen-bond acceptors (Lipinski definition) is 4. The Labute approximate surface area is 127 Å². The van der Waals surface area contributed by atoms with E-state index in [-0.39, 0.29) is 30.1 Å². The van der Waals surface area contributed by atoms with E-state index < -0.39 is 0 Å². The van der Waals surface area contributed by atoms with Gasteiger partial charge in [0, 0.05) is 25.9 Å². The third-order valence-electron chi connectivity index (χ3n) is 3.19. The number of ketones is 1. The normalized spacial score (nSPS) is 18.1. The fourth-order valence-electron chi connectivity index (χ4n) is 2.20. The summed E-state index contributed by atoms with van der Waals surface area (Å²) in [5, 5.41) is 0. The Kier molecular flexibility index (Phi) is 4.83. The summed E-state index contributed by atoms with van der Waals surface area (Å²) in [5.41, 5.74) is -0.306. The average Bonchev–Trinajstić information content (AvgIpc) is 2.81. The van der Waals surface area contributed by atoms with Crippen LogP contribution in [0.5, 0.6) is 0 Å². The van der Waals surface area contributed by atoms with Gasteiger partial charge in [0.05, 0.1) is 21.4 Å². The number of rotatable bonds is 4. The summed E-state index contributed by atoms with van der Waals surface area (Å²) in [7, 11) is 0. The van der Waals surface area contributed by atoms with Crippen molar-refractivity contribution in [3.8, 4) is 0 Å². The summed E-state index contributed by atoms with van der Waals surface area (Å²) in [6, 6.07) is 3.41. The minimum absolute atomic E-state index is 0.0115. The molecule has 1 aromatic rings. The molecule has 2 heterocycles. The quantitative estimate of drug-likeness (QED) is 0.802. The van der Waals surface area contributed by atoms with Gasteiger partial charge in [0.2, 0.25) is 5.91 Å². The van der Waals surface area contributed by atoms with E-state index in [1.165, 1.54) is 11.3 Å². The number of hydrogen-bond donors (Lipinski definition) is 0. The van der Waals surface area contributed by atoms with Crippen molar-refractivity contribution < 1.29 is 14.3 Å². The van der Waals surface area contributed by atoms with Crippen LogP contribution < -0.4 is 0 Å². The van der Waals surface area contributed by atoms with Gasteiger partial charge < -0.3 is 9.64 Å². The van der Waals surface area contributed by atoms with Crippen LogP contribution in [0.25, 0.3) is 0 Å². The Balaban J connectivity index is 1.84. The molecule has 110 valence electrons. The minimum Gasteiger partial charge on any atom is -0.372 e. The first-order valence-electron chi connectivity index (χ1n) is 6.58. The largest absolute Gasteiger partial charge is 0.372 e. The zero-order valence-electron chi connectivity index (χ0n) is 11.6. The average molecular weight is 316 g/mol. The summed E-state index contributed by atoms with van der Waals surface area (Å²) in [6.07, 6.45) is 0.470. The van der Waals surface area contributed by atoms with Crippen LogP contribution in [0, 0.1) is 0 Å². The second-order valence-corrected chi connectivity index (χ2v) is 7.17. The van der Waals surface area contributed by atoms with Crippen LogP contribution in [-0.4, -0.2) is 41.9 Å². The molecule has 0 N–H and O–H groups in total. The zero-order chi connectivity index (χ0) is 14.8. The number of ether oxygens (including phenoxy) is 1.